The van der Waals surface area contributed by atoms with Crippen LogP contribution in [-0.2, 0) is 9.53 Å². The van der Waals surface area contributed by atoms with Crippen LogP contribution >= 0.6 is 27.5 Å². The second kappa shape index (κ2) is 7.27. The fourth-order valence-electron chi connectivity index (χ4n) is 1.55. The highest BCUT2D eigenvalue weighted by Gasteiger charge is 2.11. The Balaban J connectivity index is 1.94. The topological polar surface area (TPSA) is 26.3 Å². The van der Waals surface area contributed by atoms with E-state index in [-0.39, 0.29) is 0 Å². The van der Waals surface area contributed by atoms with Crippen molar-refractivity contribution in [2.75, 3.05) is 0 Å². The zero-order valence-electron chi connectivity index (χ0n) is 10.5. The zero-order chi connectivity index (χ0) is 14.4. The molecule has 2 aromatic rings. The van der Waals surface area contributed by atoms with Crippen LogP contribution in [0.5, 0.6) is 0 Å². The minimum Gasteiger partial charge on any atom is -0.438 e. The van der Waals surface area contributed by atoms with Crippen LogP contribution in [0, 0.1) is 0 Å². The summed E-state index contributed by atoms with van der Waals surface area (Å²) in [6.45, 7) is 0. The predicted octanol–water partition coefficient (Wildman–Crippen LogP) is 4.94. The molecule has 4 heteroatoms. The van der Waals surface area contributed by atoms with Crippen molar-refractivity contribution in [3.05, 3.63) is 76.3 Å². The lowest BCUT2D eigenvalue weighted by atomic mass is 10.2. The van der Waals surface area contributed by atoms with Crippen molar-refractivity contribution in [3.63, 3.8) is 0 Å². The normalized spacial score (nSPS) is 12.3. The molecule has 0 saturated heterocycles. The Morgan fingerprint density at radius 3 is 2.40 bits per heavy atom. The Bertz CT molecular complexity index is 594. The van der Waals surface area contributed by atoms with Gasteiger partial charge in [-0.05, 0) is 23.8 Å². The summed E-state index contributed by atoms with van der Waals surface area (Å²) in [5.74, 6) is -0.475. The Hall–Kier alpha value is -1.58. The second-order valence-electron chi connectivity index (χ2n) is 4.05. The Morgan fingerprint density at radius 1 is 1.10 bits per heavy atom. The predicted molar refractivity (Wildman–Crippen MR) is 84.3 cm³/mol. The molecule has 2 nitrogen and oxygen atoms in total. The molecule has 0 bridgehead atoms. The van der Waals surface area contributed by atoms with Crippen molar-refractivity contribution in [2.24, 2.45) is 0 Å². The fourth-order valence-corrected chi connectivity index (χ4v) is 2.05. The van der Waals surface area contributed by atoms with E-state index in [1.165, 1.54) is 6.08 Å². The lowest BCUT2D eigenvalue weighted by Crippen LogP contribution is -2.04. The molecule has 102 valence electrons. The van der Waals surface area contributed by atoms with Crippen LogP contribution in [0.2, 0.25) is 0 Å². The molecule has 1 atom stereocenters. The van der Waals surface area contributed by atoms with Gasteiger partial charge in [-0.25, -0.2) is 4.79 Å². The molecular formula is C16H12BrClO2. The third kappa shape index (κ3) is 4.51. The van der Waals surface area contributed by atoms with E-state index < -0.39 is 11.5 Å². The monoisotopic (exact) mass is 350 g/mol. The lowest BCUT2D eigenvalue weighted by Gasteiger charge is -2.09. The van der Waals surface area contributed by atoms with Gasteiger partial charge in [0.2, 0.25) is 5.56 Å². The summed E-state index contributed by atoms with van der Waals surface area (Å²) in [5, 5.41) is 0. The summed E-state index contributed by atoms with van der Waals surface area (Å²) in [7, 11) is 0. The van der Waals surface area contributed by atoms with E-state index in [1.807, 2.05) is 42.5 Å². The van der Waals surface area contributed by atoms with Crippen LogP contribution < -0.4 is 0 Å². The van der Waals surface area contributed by atoms with Crippen molar-refractivity contribution < 1.29 is 9.53 Å². The third-order valence-electron chi connectivity index (χ3n) is 2.56. The molecule has 0 heterocycles. The van der Waals surface area contributed by atoms with Gasteiger partial charge in [-0.2, -0.15) is 0 Å². The minimum absolute atomic E-state index is 0.475. The number of carbonyl (C=O) groups excluding carboxylic acids is 1. The van der Waals surface area contributed by atoms with E-state index >= 15 is 0 Å². The number of alkyl halides is 1. The highest BCUT2D eigenvalue weighted by atomic mass is 79.9. The van der Waals surface area contributed by atoms with E-state index in [2.05, 4.69) is 15.9 Å². The second-order valence-corrected chi connectivity index (χ2v) is 5.36. The molecule has 0 fully saturated rings. The van der Waals surface area contributed by atoms with Crippen molar-refractivity contribution in [2.45, 2.75) is 5.56 Å². The number of rotatable bonds is 4. The van der Waals surface area contributed by atoms with Crippen molar-refractivity contribution in [1.29, 1.82) is 0 Å². The number of hydrogen-bond donors (Lipinski definition) is 0. The molecule has 0 saturated carbocycles. The first-order valence-corrected chi connectivity index (χ1v) is 7.21. The molecule has 0 amide bonds. The molecule has 0 radical (unpaired) electrons. The van der Waals surface area contributed by atoms with Gasteiger partial charge in [0.05, 0.1) is 0 Å². The maximum Gasteiger partial charge on any atom is 0.332 e. The SMILES string of the molecule is O=C(/C=C/c1ccccc1)O[C@@H](Cl)c1ccc(Br)cc1. The van der Waals surface area contributed by atoms with E-state index in [9.17, 15) is 4.79 Å². The van der Waals surface area contributed by atoms with Crippen LogP contribution in [0.4, 0.5) is 0 Å². The number of esters is 1. The van der Waals surface area contributed by atoms with Crippen LogP contribution in [0.1, 0.15) is 16.7 Å². The van der Waals surface area contributed by atoms with Gasteiger partial charge in [-0.15, -0.1) is 0 Å². The molecule has 0 spiro atoms. The van der Waals surface area contributed by atoms with E-state index in [0.717, 1.165) is 15.6 Å². The number of benzene rings is 2. The summed E-state index contributed by atoms with van der Waals surface area (Å²) in [6.07, 6.45) is 3.05. The average Bonchev–Trinajstić information content (AvgIpc) is 2.47. The quantitative estimate of drug-likeness (QED) is 0.443. The zero-order valence-corrected chi connectivity index (χ0v) is 12.8. The van der Waals surface area contributed by atoms with Crippen LogP contribution in [-0.4, -0.2) is 5.97 Å². The first-order chi connectivity index (χ1) is 9.65. The highest BCUT2D eigenvalue weighted by Crippen LogP contribution is 2.23. The number of halogens is 2. The van der Waals surface area contributed by atoms with Crippen molar-refractivity contribution in [1.82, 2.24) is 0 Å². The maximum absolute atomic E-state index is 11.7. The van der Waals surface area contributed by atoms with Gasteiger partial charge in [-0.1, -0.05) is 70.0 Å². The van der Waals surface area contributed by atoms with Crippen molar-refractivity contribution >= 4 is 39.6 Å². The van der Waals surface area contributed by atoms with Gasteiger partial charge in [0.25, 0.3) is 0 Å². The summed E-state index contributed by atoms with van der Waals surface area (Å²) in [4.78, 5) is 11.7. The molecule has 0 aliphatic carbocycles. The molecule has 2 rings (SSSR count). The van der Waals surface area contributed by atoms with Gasteiger partial charge in [0.15, 0.2) is 0 Å². The van der Waals surface area contributed by atoms with Gasteiger partial charge in [0.1, 0.15) is 0 Å². The number of ether oxygens (including phenoxy) is 1. The first-order valence-electron chi connectivity index (χ1n) is 5.98. The summed E-state index contributed by atoms with van der Waals surface area (Å²) >= 11 is 9.38. The van der Waals surface area contributed by atoms with Crippen LogP contribution in [0.15, 0.2) is 65.1 Å². The standard InChI is InChI=1S/C16H12BrClO2/c17-14-9-7-13(8-10-14)16(18)20-15(19)11-6-12-4-2-1-3-5-12/h1-11,16H/b11-6+/t16-/m1/s1. The summed E-state index contributed by atoms with van der Waals surface area (Å²) < 4.78 is 6.07. The summed E-state index contributed by atoms with van der Waals surface area (Å²) in [6, 6.07) is 16.8. The molecule has 0 aromatic heterocycles. The smallest absolute Gasteiger partial charge is 0.332 e. The molecule has 0 aliphatic rings. The highest BCUT2D eigenvalue weighted by molar-refractivity contribution is 9.10. The maximum atomic E-state index is 11.7. The van der Waals surface area contributed by atoms with Crippen molar-refractivity contribution in [3.8, 4) is 0 Å². The van der Waals surface area contributed by atoms with Crippen LogP contribution in [0.3, 0.4) is 0 Å². The lowest BCUT2D eigenvalue weighted by molar-refractivity contribution is -0.139. The van der Waals surface area contributed by atoms with E-state index in [1.54, 1.807) is 18.2 Å². The number of carbonyl (C=O) groups is 1. The average molecular weight is 352 g/mol. The van der Waals surface area contributed by atoms with Gasteiger partial charge < -0.3 is 4.74 Å². The molecule has 20 heavy (non-hydrogen) atoms. The van der Waals surface area contributed by atoms with Gasteiger partial charge >= 0.3 is 5.97 Å². The fraction of sp³-hybridized carbons (Fsp3) is 0.0625. The van der Waals surface area contributed by atoms with Gasteiger partial charge in [-0.3, -0.25) is 0 Å². The molecule has 0 unspecified atom stereocenters. The van der Waals surface area contributed by atoms with Crippen LogP contribution in [0.25, 0.3) is 6.08 Å². The molecule has 2 aromatic carbocycles. The Kier molecular flexibility index (Phi) is 5.39. The largest absolute Gasteiger partial charge is 0.438 e. The molecule has 0 N–H and O–H groups in total. The third-order valence-corrected chi connectivity index (χ3v) is 3.43. The van der Waals surface area contributed by atoms with E-state index in [4.69, 9.17) is 16.3 Å². The molecular weight excluding hydrogens is 340 g/mol. The summed E-state index contributed by atoms with van der Waals surface area (Å²) in [5.41, 5.74) is 0.867. The molecule has 0 aliphatic heterocycles. The first kappa shape index (κ1) is 14.8. The van der Waals surface area contributed by atoms with E-state index in [0.29, 0.717) is 0 Å². The Morgan fingerprint density at radius 2 is 1.75 bits per heavy atom. The number of hydrogen-bond acceptors (Lipinski definition) is 2. The Labute approximate surface area is 131 Å². The minimum atomic E-state index is -0.795. The van der Waals surface area contributed by atoms with Gasteiger partial charge in [0, 0.05) is 16.1 Å².